The molecule has 3 aromatic rings. The molecule has 1 aromatic heterocycles. The van der Waals surface area contributed by atoms with E-state index in [1.165, 1.54) is 23.9 Å². The standard InChI is InChI=1S/C21H22ClFN4O2S/c1-4-27-20(14(3)29-18-10-9-15(22)11-13(18)2)25-26-21(27)30-12-19(28)24-17-8-6-5-7-16(17)23/h5-11,14H,4,12H2,1-3H3,(H,24,28). The van der Waals surface area contributed by atoms with E-state index in [9.17, 15) is 9.18 Å². The lowest BCUT2D eigenvalue weighted by Crippen LogP contribution is -2.16. The van der Waals surface area contributed by atoms with Crippen LogP contribution in [0.5, 0.6) is 5.75 Å². The molecule has 3 rings (SSSR count). The molecule has 0 aliphatic heterocycles. The molecule has 1 heterocycles. The van der Waals surface area contributed by atoms with Crippen LogP contribution in [0.3, 0.4) is 0 Å². The number of para-hydroxylation sites is 1. The number of anilines is 1. The van der Waals surface area contributed by atoms with Crippen molar-refractivity contribution in [3.05, 3.63) is 64.7 Å². The molecule has 158 valence electrons. The molecule has 2 aromatic carbocycles. The van der Waals surface area contributed by atoms with Gasteiger partial charge in [0.2, 0.25) is 5.91 Å². The molecule has 0 aliphatic rings. The van der Waals surface area contributed by atoms with Crippen molar-refractivity contribution in [2.45, 2.75) is 38.6 Å². The first-order valence-corrected chi connectivity index (χ1v) is 10.8. The lowest BCUT2D eigenvalue weighted by Gasteiger charge is -2.17. The van der Waals surface area contributed by atoms with Crippen molar-refractivity contribution in [2.24, 2.45) is 0 Å². The van der Waals surface area contributed by atoms with Gasteiger partial charge in [0, 0.05) is 11.6 Å². The molecule has 1 amide bonds. The van der Waals surface area contributed by atoms with Crippen molar-refractivity contribution < 1.29 is 13.9 Å². The number of carbonyl (C=O) groups is 1. The highest BCUT2D eigenvalue weighted by molar-refractivity contribution is 7.99. The van der Waals surface area contributed by atoms with Gasteiger partial charge in [0.05, 0.1) is 11.4 Å². The minimum Gasteiger partial charge on any atom is -0.482 e. The second-order valence-electron chi connectivity index (χ2n) is 6.57. The average Bonchev–Trinajstić information content (AvgIpc) is 3.13. The summed E-state index contributed by atoms with van der Waals surface area (Å²) in [7, 11) is 0. The third kappa shape index (κ3) is 5.31. The lowest BCUT2D eigenvalue weighted by molar-refractivity contribution is -0.113. The molecule has 0 fully saturated rings. The number of carbonyl (C=O) groups excluding carboxylic acids is 1. The van der Waals surface area contributed by atoms with Crippen LogP contribution in [0.4, 0.5) is 10.1 Å². The van der Waals surface area contributed by atoms with Gasteiger partial charge in [0.1, 0.15) is 11.6 Å². The van der Waals surface area contributed by atoms with Crippen molar-refractivity contribution in [2.75, 3.05) is 11.1 Å². The van der Waals surface area contributed by atoms with Gasteiger partial charge in [-0.25, -0.2) is 4.39 Å². The Kier molecular flexibility index (Phi) is 7.33. The minimum atomic E-state index is -0.474. The van der Waals surface area contributed by atoms with Crippen molar-refractivity contribution in [3.63, 3.8) is 0 Å². The number of hydrogen-bond donors (Lipinski definition) is 1. The van der Waals surface area contributed by atoms with Gasteiger partial charge in [-0.05, 0) is 56.7 Å². The number of hydrogen-bond acceptors (Lipinski definition) is 5. The van der Waals surface area contributed by atoms with E-state index in [2.05, 4.69) is 15.5 Å². The van der Waals surface area contributed by atoms with Crippen molar-refractivity contribution >= 4 is 35.0 Å². The summed E-state index contributed by atoms with van der Waals surface area (Å²) in [4.78, 5) is 12.2. The van der Waals surface area contributed by atoms with Crippen LogP contribution in [0.15, 0.2) is 47.6 Å². The summed E-state index contributed by atoms with van der Waals surface area (Å²) in [6.45, 7) is 6.40. The summed E-state index contributed by atoms with van der Waals surface area (Å²) in [5.41, 5.74) is 1.08. The fourth-order valence-corrected chi connectivity index (χ4v) is 3.91. The number of aryl methyl sites for hydroxylation is 1. The number of aromatic nitrogens is 3. The maximum atomic E-state index is 13.7. The van der Waals surface area contributed by atoms with Crippen LogP contribution >= 0.6 is 23.4 Å². The Morgan fingerprint density at radius 2 is 2.07 bits per heavy atom. The number of amides is 1. The van der Waals surface area contributed by atoms with Crippen LogP contribution in [0, 0.1) is 12.7 Å². The van der Waals surface area contributed by atoms with Gasteiger partial charge in [0.15, 0.2) is 17.1 Å². The number of rotatable bonds is 8. The van der Waals surface area contributed by atoms with Gasteiger partial charge in [-0.1, -0.05) is 35.5 Å². The molecule has 1 atom stereocenters. The number of ether oxygens (including phenoxy) is 1. The Morgan fingerprint density at radius 3 is 2.77 bits per heavy atom. The van der Waals surface area contributed by atoms with E-state index >= 15 is 0 Å². The monoisotopic (exact) mass is 448 g/mol. The van der Waals surface area contributed by atoms with E-state index < -0.39 is 5.82 Å². The van der Waals surface area contributed by atoms with Crippen molar-refractivity contribution in [3.8, 4) is 5.75 Å². The zero-order valence-corrected chi connectivity index (χ0v) is 18.4. The highest BCUT2D eigenvalue weighted by Gasteiger charge is 2.20. The molecule has 0 saturated heterocycles. The van der Waals surface area contributed by atoms with E-state index in [-0.39, 0.29) is 23.5 Å². The molecule has 6 nitrogen and oxygen atoms in total. The number of halogens is 2. The fraction of sp³-hybridized carbons (Fsp3) is 0.286. The number of nitrogens with one attached hydrogen (secondary N) is 1. The number of thioether (sulfide) groups is 1. The van der Waals surface area contributed by atoms with Crippen LogP contribution in [-0.2, 0) is 11.3 Å². The molecular formula is C21H22ClFN4O2S. The van der Waals surface area contributed by atoms with Gasteiger partial charge in [0.25, 0.3) is 0 Å². The highest BCUT2D eigenvalue weighted by Crippen LogP contribution is 2.28. The van der Waals surface area contributed by atoms with E-state index in [1.54, 1.807) is 18.2 Å². The quantitative estimate of drug-likeness (QED) is 0.475. The van der Waals surface area contributed by atoms with Gasteiger partial charge in [-0.3, -0.25) is 4.79 Å². The first kappa shape index (κ1) is 22.1. The maximum Gasteiger partial charge on any atom is 0.234 e. The molecular weight excluding hydrogens is 427 g/mol. The number of benzene rings is 2. The van der Waals surface area contributed by atoms with E-state index in [0.717, 1.165) is 11.3 Å². The summed E-state index contributed by atoms with van der Waals surface area (Å²) in [6.07, 6.45) is -0.348. The summed E-state index contributed by atoms with van der Waals surface area (Å²) in [5.74, 6) is 0.662. The smallest absolute Gasteiger partial charge is 0.234 e. The summed E-state index contributed by atoms with van der Waals surface area (Å²) in [5, 5.41) is 12.3. The molecule has 30 heavy (non-hydrogen) atoms. The summed E-state index contributed by atoms with van der Waals surface area (Å²) in [6, 6.07) is 11.5. The molecule has 0 spiro atoms. The Balaban J connectivity index is 1.66. The van der Waals surface area contributed by atoms with Crippen LogP contribution in [-0.4, -0.2) is 26.4 Å². The van der Waals surface area contributed by atoms with Crippen LogP contribution in [0.2, 0.25) is 5.02 Å². The largest absolute Gasteiger partial charge is 0.482 e. The predicted octanol–water partition coefficient (Wildman–Crippen LogP) is 5.27. The Morgan fingerprint density at radius 1 is 1.30 bits per heavy atom. The predicted molar refractivity (Wildman–Crippen MR) is 117 cm³/mol. The van der Waals surface area contributed by atoms with Crippen LogP contribution in [0.25, 0.3) is 0 Å². The van der Waals surface area contributed by atoms with Crippen LogP contribution in [0.1, 0.15) is 31.3 Å². The first-order valence-electron chi connectivity index (χ1n) is 9.42. The average molecular weight is 449 g/mol. The Labute approximate surface area is 183 Å². The number of nitrogens with zero attached hydrogens (tertiary/aromatic N) is 3. The topological polar surface area (TPSA) is 69.0 Å². The molecule has 1 N–H and O–H groups in total. The van der Waals surface area contributed by atoms with Crippen LogP contribution < -0.4 is 10.1 Å². The van der Waals surface area contributed by atoms with E-state index in [1.807, 2.05) is 37.5 Å². The minimum absolute atomic E-state index is 0.0813. The normalized spacial score (nSPS) is 11.9. The van der Waals surface area contributed by atoms with Crippen molar-refractivity contribution in [1.82, 2.24) is 14.8 Å². The molecule has 0 aliphatic carbocycles. The Bertz CT molecular complexity index is 1040. The SMILES string of the molecule is CCn1c(SCC(=O)Nc2ccccc2F)nnc1C(C)Oc1ccc(Cl)cc1C. The van der Waals surface area contributed by atoms with Gasteiger partial charge < -0.3 is 14.6 Å². The summed E-state index contributed by atoms with van der Waals surface area (Å²) < 4.78 is 21.6. The second-order valence-corrected chi connectivity index (χ2v) is 7.95. The lowest BCUT2D eigenvalue weighted by atomic mass is 10.2. The van der Waals surface area contributed by atoms with Gasteiger partial charge in [-0.15, -0.1) is 10.2 Å². The third-order valence-electron chi connectivity index (χ3n) is 4.35. The fourth-order valence-electron chi connectivity index (χ4n) is 2.87. The maximum absolute atomic E-state index is 13.7. The highest BCUT2D eigenvalue weighted by atomic mass is 35.5. The summed E-state index contributed by atoms with van der Waals surface area (Å²) >= 11 is 7.24. The zero-order chi connectivity index (χ0) is 21.7. The third-order valence-corrected chi connectivity index (χ3v) is 5.55. The molecule has 0 saturated carbocycles. The van der Waals surface area contributed by atoms with E-state index in [0.29, 0.717) is 22.5 Å². The molecule has 0 radical (unpaired) electrons. The first-order chi connectivity index (χ1) is 14.4. The molecule has 1 unspecified atom stereocenters. The van der Waals surface area contributed by atoms with Crippen molar-refractivity contribution in [1.29, 1.82) is 0 Å². The van der Waals surface area contributed by atoms with Gasteiger partial charge in [-0.2, -0.15) is 0 Å². The zero-order valence-electron chi connectivity index (χ0n) is 16.9. The second kappa shape index (κ2) is 9.95. The molecule has 0 bridgehead atoms. The van der Waals surface area contributed by atoms with E-state index in [4.69, 9.17) is 16.3 Å². The molecule has 9 heteroatoms. The Hall–Kier alpha value is -2.58. The van der Waals surface area contributed by atoms with Gasteiger partial charge >= 0.3 is 0 Å².